The maximum Gasteiger partial charge on any atom is 0.261 e. The van der Waals surface area contributed by atoms with Crippen molar-refractivity contribution >= 4 is 22.4 Å². The first-order valence-electron chi connectivity index (χ1n) is 7.12. The van der Waals surface area contributed by atoms with Gasteiger partial charge in [-0.2, -0.15) is 0 Å². The van der Waals surface area contributed by atoms with Gasteiger partial charge in [-0.25, -0.2) is 4.98 Å². The number of nitrogens with one attached hydrogen (secondary N) is 1. The zero-order valence-electron chi connectivity index (χ0n) is 13.3. The van der Waals surface area contributed by atoms with Gasteiger partial charge in [0.15, 0.2) is 5.13 Å². The van der Waals surface area contributed by atoms with E-state index in [9.17, 15) is 9.90 Å². The lowest BCUT2D eigenvalue weighted by atomic mass is 10.1. The molecule has 0 atom stereocenters. The third kappa shape index (κ3) is 4.75. The monoisotopic (exact) mass is 336 g/mol. The van der Waals surface area contributed by atoms with Gasteiger partial charge in [0.25, 0.3) is 5.91 Å². The molecule has 0 aliphatic rings. The quantitative estimate of drug-likeness (QED) is 0.760. The number of aliphatic hydroxyl groups is 1. The summed E-state index contributed by atoms with van der Waals surface area (Å²) in [6, 6.07) is 6.98. The van der Waals surface area contributed by atoms with Crippen molar-refractivity contribution < 1.29 is 19.4 Å². The summed E-state index contributed by atoms with van der Waals surface area (Å²) in [7, 11) is 1.59. The highest BCUT2D eigenvalue weighted by molar-refractivity contribution is 7.15. The van der Waals surface area contributed by atoms with E-state index in [1.165, 1.54) is 11.3 Å². The Balaban J connectivity index is 2.10. The number of thiazole rings is 1. The summed E-state index contributed by atoms with van der Waals surface area (Å²) in [4.78, 5) is 17.2. The van der Waals surface area contributed by atoms with Crippen LogP contribution in [0.25, 0.3) is 0 Å². The van der Waals surface area contributed by atoms with Crippen LogP contribution in [-0.2, 0) is 10.3 Å². The third-order valence-electron chi connectivity index (χ3n) is 3.01. The van der Waals surface area contributed by atoms with Crippen molar-refractivity contribution in [3.8, 4) is 5.75 Å². The number of amides is 1. The van der Waals surface area contributed by atoms with Crippen molar-refractivity contribution in [1.82, 2.24) is 4.98 Å². The predicted molar refractivity (Wildman–Crippen MR) is 89.1 cm³/mol. The van der Waals surface area contributed by atoms with E-state index in [0.29, 0.717) is 34.5 Å². The molecule has 0 bridgehead atoms. The van der Waals surface area contributed by atoms with Crippen LogP contribution in [0.3, 0.4) is 0 Å². The van der Waals surface area contributed by atoms with Crippen LogP contribution < -0.4 is 10.1 Å². The highest BCUT2D eigenvalue weighted by Crippen LogP contribution is 2.29. The van der Waals surface area contributed by atoms with Gasteiger partial charge in [-0.1, -0.05) is 23.5 Å². The number of hydrogen-bond donors (Lipinski definition) is 2. The second-order valence-electron chi connectivity index (χ2n) is 5.38. The van der Waals surface area contributed by atoms with Gasteiger partial charge in [-0.05, 0) is 26.0 Å². The van der Waals surface area contributed by atoms with E-state index in [4.69, 9.17) is 9.47 Å². The van der Waals surface area contributed by atoms with Crippen LogP contribution in [0.4, 0.5) is 5.13 Å². The van der Waals surface area contributed by atoms with E-state index in [1.54, 1.807) is 51.4 Å². The molecule has 2 rings (SSSR count). The Kier molecular flexibility index (Phi) is 5.70. The minimum absolute atomic E-state index is 0.310. The Morgan fingerprint density at radius 3 is 2.74 bits per heavy atom. The van der Waals surface area contributed by atoms with E-state index < -0.39 is 5.60 Å². The number of hydrogen-bond acceptors (Lipinski definition) is 6. The number of ether oxygens (including phenoxy) is 2. The van der Waals surface area contributed by atoms with Gasteiger partial charge >= 0.3 is 0 Å². The summed E-state index contributed by atoms with van der Waals surface area (Å²) in [5.41, 5.74) is -0.564. The van der Waals surface area contributed by atoms with Gasteiger partial charge in [0.05, 0.1) is 22.6 Å². The molecule has 0 spiro atoms. The average Bonchev–Trinajstić information content (AvgIpc) is 2.96. The van der Waals surface area contributed by atoms with E-state index in [0.717, 1.165) is 0 Å². The summed E-state index contributed by atoms with van der Waals surface area (Å²) < 4.78 is 10.5. The van der Waals surface area contributed by atoms with Crippen molar-refractivity contribution in [1.29, 1.82) is 0 Å². The summed E-state index contributed by atoms with van der Waals surface area (Å²) in [6.45, 7) is 4.15. The molecule has 0 saturated heterocycles. The molecule has 0 fully saturated rings. The van der Waals surface area contributed by atoms with Gasteiger partial charge in [-0.15, -0.1) is 0 Å². The number of nitrogens with zero attached hydrogens (tertiary/aromatic N) is 1. The van der Waals surface area contributed by atoms with Crippen molar-refractivity contribution in [3.63, 3.8) is 0 Å². The molecule has 0 radical (unpaired) electrons. The van der Waals surface area contributed by atoms with Crippen LogP contribution in [0.5, 0.6) is 5.75 Å². The molecule has 1 aromatic carbocycles. The first kappa shape index (κ1) is 17.4. The molecule has 2 aromatic rings. The molecule has 2 N–H and O–H groups in total. The molecule has 7 heteroatoms. The molecule has 124 valence electrons. The molecule has 0 aliphatic carbocycles. The minimum Gasteiger partial charge on any atom is -0.490 e. The van der Waals surface area contributed by atoms with Gasteiger partial charge < -0.3 is 14.6 Å². The molecule has 23 heavy (non-hydrogen) atoms. The van der Waals surface area contributed by atoms with E-state index in [-0.39, 0.29) is 5.91 Å². The molecule has 1 heterocycles. The topological polar surface area (TPSA) is 80.7 Å². The second kappa shape index (κ2) is 7.54. The number of methoxy groups -OCH3 is 1. The zero-order valence-corrected chi connectivity index (χ0v) is 14.1. The van der Waals surface area contributed by atoms with Crippen molar-refractivity contribution in [2.75, 3.05) is 25.6 Å². The van der Waals surface area contributed by atoms with Crippen LogP contribution in [0.1, 0.15) is 29.1 Å². The van der Waals surface area contributed by atoms with Crippen molar-refractivity contribution in [2.24, 2.45) is 0 Å². The highest BCUT2D eigenvalue weighted by atomic mass is 32.1. The molecule has 0 unspecified atom stereocenters. The SMILES string of the molecule is COCCOc1ccccc1C(=O)Nc1ncc(C(C)(C)O)s1. The fourth-order valence-corrected chi connectivity index (χ4v) is 2.61. The number of benzene rings is 1. The first-order chi connectivity index (χ1) is 10.9. The van der Waals surface area contributed by atoms with Crippen LogP contribution in [0, 0.1) is 0 Å². The summed E-state index contributed by atoms with van der Waals surface area (Å²) in [5.74, 6) is 0.177. The normalized spacial score (nSPS) is 11.3. The van der Waals surface area contributed by atoms with Gasteiger partial charge in [-0.3, -0.25) is 10.1 Å². The fraction of sp³-hybridized carbons (Fsp3) is 0.375. The zero-order chi connectivity index (χ0) is 16.9. The third-order valence-corrected chi connectivity index (χ3v) is 4.23. The number of carbonyl (C=O) groups excluding carboxylic acids is 1. The van der Waals surface area contributed by atoms with Crippen LogP contribution >= 0.6 is 11.3 Å². The highest BCUT2D eigenvalue weighted by Gasteiger charge is 2.20. The Morgan fingerprint density at radius 2 is 2.09 bits per heavy atom. The maximum absolute atomic E-state index is 12.4. The number of carbonyl (C=O) groups is 1. The number of aromatic nitrogens is 1. The number of rotatable bonds is 7. The molecular weight excluding hydrogens is 316 g/mol. The van der Waals surface area contributed by atoms with E-state index in [1.807, 2.05) is 0 Å². The summed E-state index contributed by atoms with van der Waals surface area (Å²) in [5, 5.41) is 13.1. The van der Waals surface area contributed by atoms with E-state index >= 15 is 0 Å². The second-order valence-corrected chi connectivity index (χ2v) is 6.41. The molecule has 0 saturated carbocycles. The standard InChI is InChI=1S/C16H20N2O4S/c1-16(2,20)13-10-17-15(23-13)18-14(19)11-6-4-5-7-12(11)22-9-8-21-3/h4-7,10,20H,8-9H2,1-3H3,(H,17,18,19). The average molecular weight is 336 g/mol. The fourth-order valence-electron chi connectivity index (χ4n) is 1.79. The molecule has 1 aromatic heterocycles. The van der Waals surface area contributed by atoms with Crippen LogP contribution in [-0.4, -0.2) is 36.3 Å². The lowest BCUT2D eigenvalue weighted by molar-refractivity contribution is 0.0823. The smallest absolute Gasteiger partial charge is 0.261 e. The Bertz CT molecular complexity index is 664. The van der Waals surface area contributed by atoms with Crippen LogP contribution in [0.2, 0.25) is 0 Å². The van der Waals surface area contributed by atoms with Crippen molar-refractivity contribution in [2.45, 2.75) is 19.4 Å². The van der Waals surface area contributed by atoms with Gasteiger partial charge in [0.1, 0.15) is 12.4 Å². The Hall–Kier alpha value is -1.96. The largest absolute Gasteiger partial charge is 0.490 e. The predicted octanol–water partition coefficient (Wildman–Crippen LogP) is 2.65. The lowest BCUT2D eigenvalue weighted by Crippen LogP contribution is -2.15. The molecule has 6 nitrogen and oxygen atoms in total. The summed E-state index contributed by atoms with van der Waals surface area (Å²) >= 11 is 1.24. The number of para-hydroxylation sites is 1. The minimum atomic E-state index is -0.984. The van der Waals surface area contributed by atoms with E-state index in [2.05, 4.69) is 10.3 Å². The van der Waals surface area contributed by atoms with Crippen LogP contribution in [0.15, 0.2) is 30.5 Å². The lowest BCUT2D eigenvalue weighted by Gasteiger charge is -2.13. The van der Waals surface area contributed by atoms with Crippen molar-refractivity contribution in [3.05, 3.63) is 40.9 Å². The molecule has 1 amide bonds. The summed E-state index contributed by atoms with van der Waals surface area (Å²) in [6.07, 6.45) is 1.56. The van der Waals surface area contributed by atoms with Gasteiger partial charge in [0.2, 0.25) is 0 Å². The van der Waals surface area contributed by atoms with Gasteiger partial charge in [0, 0.05) is 13.3 Å². The Labute approximate surface area is 139 Å². The Morgan fingerprint density at radius 1 is 1.35 bits per heavy atom. The first-order valence-corrected chi connectivity index (χ1v) is 7.94. The maximum atomic E-state index is 12.4. The molecule has 0 aliphatic heterocycles. The molecular formula is C16H20N2O4S. The number of anilines is 1.